The van der Waals surface area contributed by atoms with Crippen molar-refractivity contribution in [3.63, 3.8) is 0 Å². The van der Waals surface area contributed by atoms with Crippen LogP contribution in [0.4, 0.5) is 0 Å². The van der Waals surface area contributed by atoms with Gasteiger partial charge in [0.05, 0.1) is 6.04 Å². The van der Waals surface area contributed by atoms with E-state index >= 15 is 0 Å². The van der Waals surface area contributed by atoms with Gasteiger partial charge >= 0.3 is 0 Å². The summed E-state index contributed by atoms with van der Waals surface area (Å²) in [5.74, 6) is 0. The van der Waals surface area contributed by atoms with Crippen LogP contribution in [0.25, 0.3) is 0 Å². The van der Waals surface area contributed by atoms with Gasteiger partial charge in [-0.1, -0.05) is 28.1 Å². The van der Waals surface area contributed by atoms with Gasteiger partial charge in [0.2, 0.25) is 0 Å². The third kappa shape index (κ3) is 2.45. The molecule has 0 aliphatic heterocycles. The topological polar surface area (TPSA) is 38.9 Å². The highest BCUT2D eigenvalue weighted by Gasteiger charge is 2.12. The van der Waals surface area contributed by atoms with Crippen molar-refractivity contribution in [3.05, 3.63) is 50.4 Å². The van der Waals surface area contributed by atoms with Gasteiger partial charge in [-0.2, -0.15) is 0 Å². The SMILES string of the molecule is Cc1csc(C(N)c2cccc(Br)c2)n1. The molecule has 1 atom stereocenters. The number of halogens is 1. The minimum Gasteiger partial charge on any atom is -0.318 e. The number of hydrogen-bond donors (Lipinski definition) is 1. The van der Waals surface area contributed by atoms with Crippen LogP contribution in [0.1, 0.15) is 22.3 Å². The van der Waals surface area contributed by atoms with Crippen LogP contribution in [0.5, 0.6) is 0 Å². The molecule has 1 aromatic carbocycles. The number of rotatable bonds is 2. The number of hydrogen-bond acceptors (Lipinski definition) is 3. The Balaban J connectivity index is 2.32. The summed E-state index contributed by atoms with van der Waals surface area (Å²) in [6, 6.07) is 7.90. The van der Waals surface area contributed by atoms with Crippen LogP contribution < -0.4 is 5.73 Å². The fraction of sp³-hybridized carbons (Fsp3) is 0.182. The zero-order chi connectivity index (χ0) is 10.8. The summed E-state index contributed by atoms with van der Waals surface area (Å²) in [6.07, 6.45) is 0. The lowest BCUT2D eigenvalue weighted by molar-refractivity contribution is 0.851. The highest BCUT2D eigenvalue weighted by molar-refractivity contribution is 9.10. The first-order valence-corrected chi connectivity index (χ1v) is 6.27. The summed E-state index contributed by atoms with van der Waals surface area (Å²) >= 11 is 5.04. The second-order valence-corrected chi connectivity index (χ2v) is 5.17. The van der Waals surface area contributed by atoms with Crippen molar-refractivity contribution in [3.8, 4) is 0 Å². The van der Waals surface area contributed by atoms with Crippen LogP contribution in [0.15, 0.2) is 34.1 Å². The fourth-order valence-electron chi connectivity index (χ4n) is 1.36. The van der Waals surface area contributed by atoms with E-state index in [1.165, 1.54) is 0 Å². The summed E-state index contributed by atoms with van der Waals surface area (Å²) in [6.45, 7) is 1.98. The Bertz CT molecular complexity index is 467. The molecule has 0 saturated carbocycles. The zero-order valence-corrected chi connectivity index (χ0v) is 10.7. The van der Waals surface area contributed by atoms with Crippen molar-refractivity contribution >= 4 is 27.3 Å². The van der Waals surface area contributed by atoms with Gasteiger partial charge in [0, 0.05) is 15.5 Å². The first-order chi connectivity index (χ1) is 7.16. The van der Waals surface area contributed by atoms with Gasteiger partial charge in [0.25, 0.3) is 0 Å². The van der Waals surface area contributed by atoms with Crippen molar-refractivity contribution < 1.29 is 0 Å². The minimum absolute atomic E-state index is 0.124. The molecule has 1 heterocycles. The third-order valence-corrected chi connectivity index (χ3v) is 3.65. The lowest BCUT2D eigenvalue weighted by Crippen LogP contribution is -2.11. The van der Waals surface area contributed by atoms with Crippen LogP contribution >= 0.6 is 27.3 Å². The van der Waals surface area contributed by atoms with Gasteiger partial charge in [-0.05, 0) is 24.6 Å². The molecule has 2 aromatic rings. The average Bonchev–Trinajstić information content (AvgIpc) is 2.64. The molecule has 1 unspecified atom stereocenters. The van der Waals surface area contributed by atoms with Crippen molar-refractivity contribution in [1.29, 1.82) is 0 Å². The predicted octanol–water partition coefficient (Wildman–Crippen LogP) is 3.26. The lowest BCUT2D eigenvalue weighted by atomic mass is 10.1. The number of benzene rings is 1. The summed E-state index contributed by atoms with van der Waals surface area (Å²) in [7, 11) is 0. The molecule has 0 saturated heterocycles. The first-order valence-electron chi connectivity index (χ1n) is 4.60. The molecule has 0 radical (unpaired) electrons. The molecule has 2 rings (SSSR count). The zero-order valence-electron chi connectivity index (χ0n) is 8.27. The maximum Gasteiger partial charge on any atom is 0.114 e. The minimum atomic E-state index is -0.124. The Kier molecular flexibility index (Phi) is 3.19. The Hall–Kier alpha value is -0.710. The predicted molar refractivity (Wildman–Crippen MR) is 67.0 cm³/mol. The van der Waals surface area contributed by atoms with Crippen LogP contribution in [-0.2, 0) is 0 Å². The highest BCUT2D eigenvalue weighted by Crippen LogP contribution is 2.24. The largest absolute Gasteiger partial charge is 0.318 e. The number of nitrogens with two attached hydrogens (primary N) is 1. The molecule has 0 bridgehead atoms. The van der Waals surface area contributed by atoms with Crippen molar-refractivity contribution in [2.75, 3.05) is 0 Å². The molecule has 2 nitrogen and oxygen atoms in total. The Morgan fingerprint density at radius 1 is 1.47 bits per heavy atom. The van der Waals surface area contributed by atoms with E-state index < -0.39 is 0 Å². The molecule has 0 fully saturated rings. The molecule has 0 aliphatic rings. The fourth-order valence-corrected chi connectivity index (χ4v) is 2.60. The summed E-state index contributed by atoms with van der Waals surface area (Å²) in [4.78, 5) is 4.39. The van der Waals surface area contributed by atoms with Gasteiger partial charge in [0.15, 0.2) is 0 Å². The molecule has 78 valence electrons. The molecule has 15 heavy (non-hydrogen) atoms. The van der Waals surface area contributed by atoms with Crippen LogP contribution in [-0.4, -0.2) is 4.98 Å². The van der Waals surface area contributed by atoms with E-state index in [1.54, 1.807) is 11.3 Å². The van der Waals surface area contributed by atoms with Crippen LogP contribution in [0, 0.1) is 6.92 Å². The van der Waals surface area contributed by atoms with Crippen LogP contribution in [0.3, 0.4) is 0 Å². The maximum atomic E-state index is 6.13. The second kappa shape index (κ2) is 4.43. The van der Waals surface area contributed by atoms with E-state index in [0.29, 0.717) is 0 Å². The van der Waals surface area contributed by atoms with E-state index in [9.17, 15) is 0 Å². The third-order valence-electron chi connectivity index (χ3n) is 2.11. The molecule has 4 heteroatoms. The summed E-state index contributed by atoms with van der Waals surface area (Å²) in [5.41, 5.74) is 8.24. The average molecular weight is 283 g/mol. The lowest BCUT2D eigenvalue weighted by Gasteiger charge is -2.08. The summed E-state index contributed by atoms with van der Waals surface area (Å²) < 4.78 is 1.05. The number of aromatic nitrogens is 1. The Morgan fingerprint density at radius 3 is 2.87 bits per heavy atom. The van der Waals surface area contributed by atoms with Gasteiger partial charge in [-0.3, -0.25) is 0 Å². The maximum absolute atomic E-state index is 6.13. The van der Waals surface area contributed by atoms with Gasteiger partial charge < -0.3 is 5.73 Å². The van der Waals surface area contributed by atoms with E-state index in [4.69, 9.17) is 5.73 Å². The van der Waals surface area contributed by atoms with Crippen LogP contribution in [0.2, 0.25) is 0 Å². The van der Waals surface area contributed by atoms with Gasteiger partial charge in [0.1, 0.15) is 5.01 Å². The molecular formula is C11H11BrN2S. The number of aryl methyl sites for hydroxylation is 1. The summed E-state index contributed by atoms with van der Waals surface area (Å²) in [5, 5.41) is 2.98. The van der Waals surface area contributed by atoms with E-state index in [-0.39, 0.29) is 6.04 Å². The van der Waals surface area contributed by atoms with Crippen molar-refractivity contribution in [2.45, 2.75) is 13.0 Å². The van der Waals surface area contributed by atoms with Crippen molar-refractivity contribution in [1.82, 2.24) is 4.98 Å². The van der Waals surface area contributed by atoms with E-state index in [2.05, 4.69) is 20.9 Å². The van der Waals surface area contributed by atoms with E-state index in [0.717, 1.165) is 20.7 Å². The monoisotopic (exact) mass is 282 g/mol. The van der Waals surface area contributed by atoms with Gasteiger partial charge in [-0.15, -0.1) is 11.3 Å². The Morgan fingerprint density at radius 2 is 2.27 bits per heavy atom. The van der Waals surface area contributed by atoms with E-state index in [1.807, 2.05) is 36.6 Å². The number of thiazole rings is 1. The number of nitrogens with zero attached hydrogens (tertiary/aromatic N) is 1. The molecule has 0 spiro atoms. The first kappa shape index (κ1) is 10.8. The Labute approximate surface area is 101 Å². The molecule has 2 N–H and O–H groups in total. The molecule has 0 amide bonds. The smallest absolute Gasteiger partial charge is 0.114 e. The quantitative estimate of drug-likeness (QED) is 0.918. The normalized spacial score (nSPS) is 12.7. The molecule has 0 aliphatic carbocycles. The molecule has 1 aromatic heterocycles. The van der Waals surface area contributed by atoms with Crippen molar-refractivity contribution in [2.24, 2.45) is 5.73 Å². The highest BCUT2D eigenvalue weighted by atomic mass is 79.9. The standard InChI is InChI=1S/C11H11BrN2S/c1-7-6-15-11(14-7)10(13)8-3-2-4-9(12)5-8/h2-6,10H,13H2,1H3. The van der Waals surface area contributed by atoms with Gasteiger partial charge in [-0.25, -0.2) is 4.98 Å². The molecular weight excluding hydrogens is 272 g/mol. The second-order valence-electron chi connectivity index (χ2n) is 3.36.